The Morgan fingerprint density at radius 2 is 1.75 bits per heavy atom. The fraction of sp³-hybridized carbons (Fsp3) is 0.267. The molecule has 2 amide bonds. The number of nitrogens with one attached hydrogen (secondary N) is 2. The lowest BCUT2D eigenvalue weighted by atomic mass is 9.90. The monoisotopic (exact) mass is 580 g/mol. The predicted octanol–water partition coefficient (Wildman–Crippen LogP) is 6.50. The van der Waals surface area contributed by atoms with Gasteiger partial charge in [-0.05, 0) is 28.8 Å². The van der Waals surface area contributed by atoms with Crippen LogP contribution in [0.15, 0.2) is 85.2 Å². The van der Waals surface area contributed by atoms with Crippen LogP contribution >= 0.6 is 23.2 Å². The van der Waals surface area contributed by atoms with Crippen molar-refractivity contribution in [3.05, 3.63) is 118 Å². The van der Waals surface area contributed by atoms with Gasteiger partial charge in [0.05, 0.1) is 31.7 Å². The molecule has 1 aliphatic rings. The van der Waals surface area contributed by atoms with Crippen LogP contribution in [-0.4, -0.2) is 26.8 Å². The highest BCUT2D eigenvalue weighted by Crippen LogP contribution is 2.42. The third-order valence-corrected chi connectivity index (χ3v) is 7.71. The van der Waals surface area contributed by atoms with Crippen molar-refractivity contribution in [2.75, 3.05) is 5.32 Å². The molecule has 8 nitrogen and oxygen atoms in total. The van der Waals surface area contributed by atoms with Crippen molar-refractivity contribution in [3.8, 4) is 0 Å². The number of hydrogen-bond donors (Lipinski definition) is 3. The van der Waals surface area contributed by atoms with E-state index < -0.39 is 6.29 Å². The highest BCUT2D eigenvalue weighted by Gasteiger charge is 2.39. The Morgan fingerprint density at radius 1 is 0.975 bits per heavy atom. The number of aliphatic hydroxyl groups is 1. The standard InChI is InChI=1S/C30H30Cl2N4O4/c1-19-25(16-36-18-34-27(31)28(36)32)39-29(40-26(19)22-12-10-21(17-37)11-13-22)23-8-5-9-24(14-23)35-30(38)33-15-20-6-3-2-4-7-20/h2-14,18-19,25-26,29,37H,15-17H2,1H3,(H2,33,35,38). The fourth-order valence-corrected chi connectivity index (χ4v) is 5.02. The summed E-state index contributed by atoms with van der Waals surface area (Å²) in [6.07, 6.45) is 0.278. The van der Waals surface area contributed by atoms with Crippen LogP contribution in [-0.2, 0) is 29.2 Å². The van der Waals surface area contributed by atoms with E-state index in [4.69, 9.17) is 32.7 Å². The Morgan fingerprint density at radius 3 is 2.45 bits per heavy atom. The van der Waals surface area contributed by atoms with E-state index >= 15 is 0 Å². The number of benzene rings is 3. The lowest BCUT2D eigenvalue weighted by Crippen LogP contribution is -2.39. The zero-order chi connectivity index (χ0) is 28.1. The minimum absolute atomic E-state index is 0.0334. The van der Waals surface area contributed by atoms with Crippen LogP contribution in [0.5, 0.6) is 0 Å². The molecule has 40 heavy (non-hydrogen) atoms. The minimum Gasteiger partial charge on any atom is -0.392 e. The summed E-state index contributed by atoms with van der Waals surface area (Å²) < 4.78 is 14.7. The predicted molar refractivity (Wildman–Crippen MR) is 154 cm³/mol. The Bertz CT molecular complexity index is 1430. The number of halogens is 2. The average molecular weight is 582 g/mol. The van der Waals surface area contributed by atoms with Gasteiger partial charge in [0.15, 0.2) is 11.4 Å². The highest BCUT2D eigenvalue weighted by molar-refractivity contribution is 6.40. The van der Waals surface area contributed by atoms with Gasteiger partial charge in [0, 0.05) is 23.7 Å². The second kappa shape index (κ2) is 12.8. The van der Waals surface area contributed by atoms with E-state index in [0.717, 1.165) is 22.3 Å². The average Bonchev–Trinajstić information content (AvgIpc) is 3.30. The first kappa shape index (κ1) is 28.1. The number of hydrogen-bond acceptors (Lipinski definition) is 5. The summed E-state index contributed by atoms with van der Waals surface area (Å²) in [5, 5.41) is 15.8. The Labute approximate surface area is 242 Å². The zero-order valence-corrected chi connectivity index (χ0v) is 23.3. The SMILES string of the molecule is CC1C(Cn2cnc(Cl)c2Cl)OC(c2cccc(NC(=O)NCc3ccccc3)c2)OC1c1ccc(CO)cc1. The molecule has 5 rings (SSSR count). The first-order valence-corrected chi connectivity index (χ1v) is 13.7. The van der Waals surface area contributed by atoms with Gasteiger partial charge in [-0.25, -0.2) is 9.78 Å². The number of carbonyl (C=O) groups excluding carboxylic acids is 1. The van der Waals surface area contributed by atoms with Gasteiger partial charge in [-0.3, -0.25) is 0 Å². The summed E-state index contributed by atoms with van der Waals surface area (Å²) in [6, 6.07) is 24.5. The molecule has 4 unspecified atom stereocenters. The van der Waals surface area contributed by atoms with E-state index in [1.54, 1.807) is 10.9 Å². The van der Waals surface area contributed by atoms with Crippen molar-refractivity contribution < 1.29 is 19.4 Å². The summed E-state index contributed by atoms with van der Waals surface area (Å²) in [5.41, 5.74) is 4.16. The second-order valence-corrected chi connectivity index (χ2v) is 10.4. The molecule has 0 spiro atoms. The topological polar surface area (TPSA) is 97.6 Å². The number of aromatic nitrogens is 2. The van der Waals surface area contributed by atoms with E-state index in [0.29, 0.717) is 23.9 Å². The number of anilines is 1. The number of aliphatic hydroxyl groups excluding tert-OH is 1. The number of nitrogens with zero attached hydrogens (tertiary/aromatic N) is 2. The van der Waals surface area contributed by atoms with Crippen LogP contribution in [0.4, 0.5) is 10.5 Å². The number of ether oxygens (including phenoxy) is 2. The zero-order valence-electron chi connectivity index (χ0n) is 21.8. The quantitative estimate of drug-likeness (QED) is 0.221. The molecule has 0 radical (unpaired) electrons. The first-order chi connectivity index (χ1) is 19.4. The van der Waals surface area contributed by atoms with Crippen LogP contribution in [0, 0.1) is 5.92 Å². The molecule has 1 aliphatic heterocycles. The van der Waals surface area contributed by atoms with Crippen LogP contribution < -0.4 is 10.6 Å². The molecule has 10 heteroatoms. The van der Waals surface area contributed by atoms with Crippen LogP contribution in [0.1, 0.15) is 41.6 Å². The lowest BCUT2D eigenvalue weighted by molar-refractivity contribution is -0.276. The first-order valence-electron chi connectivity index (χ1n) is 13.0. The van der Waals surface area contributed by atoms with Gasteiger partial charge in [0.25, 0.3) is 0 Å². The van der Waals surface area contributed by atoms with Gasteiger partial charge in [-0.1, -0.05) is 96.9 Å². The van der Waals surface area contributed by atoms with E-state index in [1.165, 1.54) is 0 Å². The van der Waals surface area contributed by atoms with E-state index in [1.807, 2.05) is 78.9 Å². The van der Waals surface area contributed by atoms with Crippen molar-refractivity contribution in [2.45, 2.75) is 45.1 Å². The molecule has 208 valence electrons. The molecule has 0 aliphatic carbocycles. The summed E-state index contributed by atoms with van der Waals surface area (Å²) in [4.78, 5) is 16.7. The summed E-state index contributed by atoms with van der Waals surface area (Å²) >= 11 is 12.4. The maximum absolute atomic E-state index is 12.6. The van der Waals surface area contributed by atoms with Crippen molar-refractivity contribution in [1.82, 2.24) is 14.9 Å². The van der Waals surface area contributed by atoms with Crippen molar-refractivity contribution >= 4 is 34.9 Å². The Kier molecular flexibility index (Phi) is 9.04. The normalized spacial score (nSPS) is 20.7. The molecule has 0 saturated carbocycles. The van der Waals surface area contributed by atoms with Gasteiger partial charge < -0.3 is 29.8 Å². The third kappa shape index (κ3) is 6.66. The molecule has 1 aromatic heterocycles. The van der Waals surface area contributed by atoms with Crippen molar-refractivity contribution in [1.29, 1.82) is 0 Å². The number of rotatable bonds is 8. The summed E-state index contributed by atoms with van der Waals surface area (Å²) in [6.45, 7) is 2.87. The molecule has 0 bridgehead atoms. The van der Waals surface area contributed by atoms with Gasteiger partial charge in [-0.15, -0.1) is 0 Å². The molecule has 2 heterocycles. The number of amides is 2. The lowest BCUT2D eigenvalue weighted by Gasteiger charge is -2.41. The molecular formula is C30H30Cl2N4O4. The van der Waals surface area contributed by atoms with Crippen LogP contribution in [0.25, 0.3) is 0 Å². The summed E-state index contributed by atoms with van der Waals surface area (Å²) in [5.74, 6) is -0.0569. The molecule has 4 atom stereocenters. The molecule has 1 saturated heterocycles. The van der Waals surface area contributed by atoms with Gasteiger partial charge in [-0.2, -0.15) is 0 Å². The van der Waals surface area contributed by atoms with Crippen molar-refractivity contribution in [3.63, 3.8) is 0 Å². The Balaban J connectivity index is 1.35. The fourth-order valence-electron chi connectivity index (χ4n) is 4.71. The molecule has 3 N–H and O–H groups in total. The molecule has 3 aromatic carbocycles. The number of urea groups is 1. The largest absolute Gasteiger partial charge is 0.392 e. The van der Waals surface area contributed by atoms with E-state index in [2.05, 4.69) is 22.5 Å². The number of carbonyl (C=O) groups is 1. The van der Waals surface area contributed by atoms with E-state index in [9.17, 15) is 9.90 Å². The second-order valence-electron chi connectivity index (χ2n) is 9.72. The summed E-state index contributed by atoms with van der Waals surface area (Å²) in [7, 11) is 0. The highest BCUT2D eigenvalue weighted by atomic mass is 35.5. The van der Waals surface area contributed by atoms with Gasteiger partial charge in [0.1, 0.15) is 5.15 Å². The molecular weight excluding hydrogens is 551 g/mol. The number of imidazole rings is 1. The Hall–Kier alpha value is -3.40. The van der Waals surface area contributed by atoms with Gasteiger partial charge in [0.2, 0.25) is 0 Å². The molecule has 1 fully saturated rings. The van der Waals surface area contributed by atoms with Crippen LogP contribution in [0.3, 0.4) is 0 Å². The molecule has 4 aromatic rings. The third-order valence-electron chi connectivity index (χ3n) is 6.95. The maximum Gasteiger partial charge on any atom is 0.319 e. The van der Waals surface area contributed by atoms with Crippen LogP contribution in [0.2, 0.25) is 10.3 Å². The van der Waals surface area contributed by atoms with Crippen molar-refractivity contribution in [2.24, 2.45) is 5.92 Å². The maximum atomic E-state index is 12.6. The minimum atomic E-state index is -0.712. The van der Waals surface area contributed by atoms with Gasteiger partial charge >= 0.3 is 6.03 Å². The smallest absolute Gasteiger partial charge is 0.319 e. The van der Waals surface area contributed by atoms with E-state index in [-0.39, 0.29) is 35.9 Å².